The van der Waals surface area contributed by atoms with Crippen molar-refractivity contribution in [1.82, 2.24) is 18.9 Å². The maximum Gasteiger partial charge on any atom is 0.333 e. The smallest absolute Gasteiger partial charge is 0.333 e. The number of hydrogen-bond donors (Lipinski definition) is 3. The molecular weight excluding hydrogens is 494 g/mol. The summed E-state index contributed by atoms with van der Waals surface area (Å²) in [7, 11) is 0. The minimum atomic E-state index is -1.15. The van der Waals surface area contributed by atoms with Crippen molar-refractivity contribution in [3.63, 3.8) is 0 Å². The van der Waals surface area contributed by atoms with Crippen LogP contribution >= 0.6 is 0 Å². The highest BCUT2D eigenvalue weighted by Gasteiger charge is 2.21. The van der Waals surface area contributed by atoms with Gasteiger partial charge in [-0.1, -0.05) is 18.2 Å². The molecule has 0 fully saturated rings. The fourth-order valence-electron chi connectivity index (χ4n) is 4.80. The van der Waals surface area contributed by atoms with Gasteiger partial charge in [0.25, 0.3) is 11.1 Å². The predicted molar refractivity (Wildman–Crippen MR) is 140 cm³/mol. The number of H-pyrrole nitrogens is 2. The van der Waals surface area contributed by atoms with E-state index in [4.69, 9.17) is 0 Å². The van der Waals surface area contributed by atoms with Crippen molar-refractivity contribution in [3.8, 4) is 16.9 Å². The molecule has 0 spiro atoms. The Bertz CT molecular complexity index is 2110. The normalized spacial score (nSPS) is 12.1. The van der Waals surface area contributed by atoms with Crippen molar-refractivity contribution in [1.29, 1.82) is 0 Å². The Hall–Kier alpha value is -4.83. The van der Waals surface area contributed by atoms with Crippen LogP contribution < -0.4 is 16.8 Å². The minimum Gasteiger partial charge on any atom is -0.386 e. The molecule has 0 radical (unpaired) electrons. The van der Waals surface area contributed by atoms with Gasteiger partial charge in [0.05, 0.1) is 38.9 Å². The van der Waals surface area contributed by atoms with Gasteiger partial charge in [-0.3, -0.25) is 9.59 Å². The number of fused-ring (bicyclic) bond motifs is 4. The molecule has 38 heavy (non-hydrogen) atoms. The van der Waals surface area contributed by atoms with Crippen molar-refractivity contribution >= 4 is 27.5 Å². The Balaban J connectivity index is 1.63. The van der Waals surface area contributed by atoms with Gasteiger partial charge in [0.2, 0.25) is 0 Å². The van der Waals surface area contributed by atoms with Crippen molar-refractivity contribution in [2.75, 3.05) is 0 Å². The Labute approximate surface area is 212 Å². The third-order valence-electron chi connectivity index (χ3n) is 6.68. The van der Waals surface area contributed by atoms with Gasteiger partial charge in [0.15, 0.2) is 5.82 Å². The first kappa shape index (κ1) is 23.6. The summed E-state index contributed by atoms with van der Waals surface area (Å²) in [6.07, 6.45) is 0. The lowest BCUT2D eigenvalue weighted by atomic mass is 9.98. The number of rotatable bonds is 3. The molecule has 0 aliphatic heterocycles. The Morgan fingerprint density at radius 2 is 1.61 bits per heavy atom. The molecule has 6 rings (SSSR count). The summed E-state index contributed by atoms with van der Waals surface area (Å²) in [5.74, 6) is -1.65. The van der Waals surface area contributed by atoms with Crippen LogP contribution in [-0.4, -0.2) is 24.0 Å². The number of aliphatic hydroxyl groups is 1. The lowest BCUT2D eigenvalue weighted by Gasteiger charge is -2.18. The topological polar surface area (TPSA) is 112 Å². The summed E-state index contributed by atoms with van der Waals surface area (Å²) in [6, 6.07) is 16.2. The second-order valence-electron chi connectivity index (χ2n) is 9.56. The SMILES string of the molecule is CC(C)(O)c1ccc2c(c1)[nH]c(=O)c1ccc(-c3cccc(-n4c(=O)[nH]c5c(F)cccc5c4=O)c3F)n12. The van der Waals surface area contributed by atoms with Gasteiger partial charge in [0.1, 0.15) is 11.3 Å². The maximum atomic E-state index is 16.1. The van der Waals surface area contributed by atoms with Crippen molar-refractivity contribution in [2.24, 2.45) is 0 Å². The highest BCUT2D eigenvalue weighted by atomic mass is 19.1. The molecule has 190 valence electrons. The first-order valence-corrected chi connectivity index (χ1v) is 11.7. The molecule has 0 unspecified atom stereocenters. The van der Waals surface area contributed by atoms with Gasteiger partial charge in [-0.05, 0) is 67.9 Å². The van der Waals surface area contributed by atoms with E-state index in [1.807, 2.05) is 0 Å². The number of hydrogen-bond acceptors (Lipinski definition) is 4. The molecular formula is C28H20F2N4O4. The summed E-state index contributed by atoms with van der Waals surface area (Å²) >= 11 is 0. The van der Waals surface area contributed by atoms with Gasteiger partial charge in [0, 0.05) is 5.56 Å². The molecule has 3 aromatic carbocycles. The fourth-order valence-corrected chi connectivity index (χ4v) is 4.80. The van der Waals surface area contributed by atoms with Gasteiger partial charge in [-0.2, -0.15) is 0 Å². The molecule has 10 heteroatoms. The lowest BCUT2D eigenvalue weighted by Crippen LogP contribution is -2.34. The molecule has 0 aliphatic carbocycles. The maximum absolute atomic E-state index is 16.1. The second-order valence-corrected chi connectivity index (χ2v) is 9.56. The summed E-state index contributed by atoms with van der Waals surface area (Å²) in [6.45, 7) is 3.25. The van der Waals surface area contributed by atoms with Crippen LogP contribution in [0, 0.1) is 11.6 Å². The molecule has 0 bridgehead atoms. The Morgan fingerprint density at radius 3 is 2.37 bits per heavy atom. The zero-order chi connectivity index (χ0) is 26.9. The van der Waals surface area contributed by atoms with Crippen LogP contribution in [0.5, 0.6) is 0 Å². The van der Waals surface area contributed by atoms with E-state index in [1.54, 1.807) is 48.6 Å². The van der Waals surface area contributed by atoms with Gasteiger partial charge >= 0.3 is 5.69 Å². The average Bonchev–Trinajstić information content (AvgIpc) is 3.31. The number of aromatic nitrogens is 4. The molecule has 0 aliphatic rings. The largest absolute Gasteiger partial charge is 0.386 e. The molecule has 3 N–H and O–H groups in total. The lowest BCUT2D eigenvalue weighted by molar-refractivity contribution is 0.0787. The molecule has 0 saturated heterocycles. The van der Waals surface area contributed by atoms with Gasteiger partial charge in [-0.15, -0.1) is 0 Å². The zero-order valence-corrected chi connectivity index (χ0v) is 20.2. The van der Waals surface area contributed by atoms with E-state index < -0.39 is 34.0 Å². The second kappa shape index (κ2) is 8.09. The molecule has 8 nitrogen and oxygen atoms in total. The highest BCUT2D eigenvalue weighted by molar-refractivity contribution is 5.84. The molecule has 3 aromatic heterocycles. The first-order chi connectivity index (χ1) is 18.1. The van der Waals surface area contributed by atoms with E-state index in [9.17, 15) is 23.9 Å². The number of benzene rings is 3. The first-order valence-electron chi connectivity index (χ1n) is 11.7. The monoisotopic (exact) mass is 514 g/mol. The summed E-state index contributed by atoms with van der Waals surface area (Å²) in [5.41, 5.74) is -1.87. The van der Waals surface area contributed by atoms with Crippen molar-refractivity contribution in [3.05, 3.63) is 115 Å². The molecule has 3 heterocycles. The number of nitrogens with zero attached hydrogens (tertiary/aromatic N) is 2. The van der Waals surface area contributed by atoms with E-state index in [0.717, 1.165) is 6.07 Å². The summed E-state index contributed by atoms with van der Waals surface area (Å²) < 4.78 is 32.5. The third kappa shape index (κ3) is 3.41. The van der Waals surface area contributed by atoms with E-state index in [1.165, 1.54) is 30.3 Å². The molecule has 0 atom stereocenters. The van der Waals surface area contributed by atoms with Crippen LogP contribution in [0.3, 0.4) is 0 Å². The van der Waals surface area contributed by atoms with Crippen molar-refractivity contribution in [2.45, 2.75) is 19.4 Å². The van der Waals surface area contributed by atoms with Crippen LogP contribution in [0.1, 0.15) is 19.4 Å². The van der Waals surface area contributed by atoms with Crippen molar-refractivity contribution < 1.29 is 13.9 Å². The predicted octanol–water partition coefficient (Wildman–Crippen LogP) is 3.95. The number of halogens is 2. The van der Waals surface area contributed by atoms with E-state index >= 15 is 4.39 Å². The van der Waals surface area contributed by atoms with Crippen LogP contribution in [-0.2, 0) is 5.60 Å². The van der Waals surface area contributed by atoms with Gasteiger partial charge in [-0.25, -0.2) is 18.1 Å². The van der Waals surface area contributed by atoms with E-state index in [-0.39, 0.29) is 27.7 Å². The average molecular weight is 514 g/mol. The Kier molecular flexibility index (Phi) is 5.01. The summed E-state index contributed by atoms with van der Waals surface area (Å²) in [4.78, 5) is 43.9. The van der Waals surface area contributed by atoms with Crippen LogP contribution in [0.25, 0.3) is 44.4 Å². The van der Waals surface area contributed by atoms with Crippen LogP contribution in [0.15, 0.2) is 81.1 Å². The van der Waals surface area contributed by atoms with E-state index in [2.05, 4.69) is 9.97 Å². The quantitative estimate of drug-likeness (QED) is 0.332. The zero-order valence-electron chi connectivity index (χ0n) is 20.2. The van der Waals surface area contributed by atoms with Gasteiger partial charge < -0.3 is 19.5 Å². The van der Waals surface area contributed by atoms with E-state index in [0.29, 0.717) is 26.9 Å². The third-order valence-corrected chi connectivity index (χ3v) is 6.68. The molecule has 0 amide bonds. The number of aromatic amines is 2. The van der Waals surface area contributed by atoms with Crippen LogP contribution in [0.4, 0.5) is 8.78 Å². The standard InChI is InChI=1S/C28H20F2N4O4/c1-28(2,38)14-9-10-20-18(13-14)31-25(35)22-12-11-19(33(20)22)15-5-4-8-21(23(15)30)34-26(36)16-6-3-7-17(29)24(16)32-27(34)37/h3-13,38H,1-2H3,(H,31,35)(H,32,37). The minimum absolute atomic E-state index is 0.0339. The fraction of sp³-hybridized carbons (Fsp3) is 0.107. The Morgan fingerprint density at radius 1 is 0.868 bits per heavy atom. The summed E-state index contributed by atoms with van der Waals surface area (Å²) in [5, 5.41) is 10.3. The molecule has 0 saturated carbocycles. The molecule has 6 aromatic rings. The number of para-hydroxylation sites is 1. The number of nitrogens with one attached hydrogen (secondary N) is 2. The van der Waals surface area contributed by atoms with Crippen LogP contribution in [0.2, 0.25) is 0 Å². The highest BCUT2D eigenvalue weighted by Crippen LogP contribution is 2.31.